The van der Waals surface area contributed by atoms with E-state index >= 15 is 0 Å². The molecule has 1 unspecified atom stereocenters. The Morgan fingerprint density at radius 3 is 3.07 bits per heavy atom. The fraction of sp³-hybridized carbons (Fsp3) is 0.417. The van der Waals surface area contributed by atoms with Crippen molar-refractivity contribution in [3.63, 3.8) is 0 Å². The molecule has 1 aliphatic rings. The lowest BCUT2D eigenvalue weighted by molar-refractivity contribution is -0.122. The second kappa shape index (κ2) is 4.45. The second-order valence-electron chi connectivity index (χ2n) is 4.09. The Balaban J connectivity index is 1.99. The molecule has 1 aromatic rings. The van der Waals surface area contributed by atoms with E-state index in [2.05, 4.69) is 41.8 Å². The van der Waals surface area contributed by atoms with E-state index < -0.39 is 0 Å². The minimum atomic E-state index is 0.0962. The summed E-state index contributed by atoms with van der Waals surface area (Å²) in [5.41, 5.74) is 2.55. The van der Waals surface area contributed by atoms with Crippen LogP contribution in [0.5, 0.6) is 0 Å². The first-order valence-electron chi connectivity index (χ1n) is 5.29. The van der Waals surface area contributed by atoms with Gasteiger partial charge in [0.15, 0.2) is 0 Å². The first kappa shape index (κ1) is 10.2. The third kappa shape index (κ3) is 2.80. The lowest BCUT2D eigenvalue weighted by Crippen LogP contribution is -2.52. The minimum Gasteiger partial charge on any atom is -0.351 e. The zero-order chi connectivity index (χ0) is 10.7. The van der Waals surface area contributed by atoms with Crippen LogP contribution in [-0.4, -0.2) is 25.0 Å². The van der Waals surface area contributed by atoms with Gasteiger partial charge in [0.25, 0.3) is 0 Å². The van der Waals surface area contributed by atoms with Gasteiger partial charge in [-0.3, -0.25) is 4.79 Å². The van der Waals surface area contributed by atoms with Gasteiger partial charge >= 0.3 is 0 Å². The molecule has 0 radical (unpaired) electrons. The quantitative estimate of drug-likeness (QED) is 0.741. The first-order chi connectivity index (χ1) is 7.24. The average molecular weight is 204 g/mol. The Labute approximate surface area is 89.9 Å². The lowest BCUT2D eigenvalue weighted by Gasteiger charge is -2.24. The van der Waals surface area contributed by atoms with Gasteiger partial charge in [0, 0.05) is 12.6 Å². The van der Waals surface area contributed by atoms with Crippen LogP contribution in [-0.2, 0) is 11.2 Å². The molecule has 1 aromatic carbocycles. The van der Waals surface area contributed by atoms with Gasteiger partial charge in [-0.25, -0.2) is 0 Å². The summed E-state index contributed by atoms with van der Waals surface area (Å²) in [5.74, 6) is 0.0962. The van der Waals surface area contributed by atoms with E-state index in [9.17, 15) is 4.79 Å². The zero-order valence-electron chi connectivity index (χ0n) is 8.92. The molecule has 0 bridgehead atoms. The van der Waals surface area contributed by atoms with Crippen LogP contribution in [0.2, 0.25) is 0 Å². The van der Waals surface area contributed by atoms with E-state index in [-0.39, 0.29) is 11.9 Å². The van der Waals surface area contributed by atoms with Gasteiger partial charge in [-0.15, -0.1) is 0 Å². The van der Waals surface area contributed by atoms with Crippen LogP contribution in [0.1, 0.15) is 11.1 Å². The molecule has 2 rings (SSSR count). The number of carbonyl (C=O) groups excluding carboxylic acids is 1. The number of aryl methyl sites for hydroxylation is 1. The highest BCUT2D eigenvalue weighted by Crippen LogP contribution is 2.07. The van der Waals surface area contributed by atoms with E-state index in [0.29, 0.717) is 6.54 Å². The maximum Gasteiger partial charge on any atom is 0.234 e. The number of piperazine rings is 1. The van der Waals surface area contributed by atoms with Gasteiger partial charge in [-0.2, -0.15) is 0 Å². The maximum absolute atomic E-state index is 11.2. The highest BCUT2D eigenvalue weighted by Gasteiger charge is 2.17. The predicted molar refractivity (Wildman–Crippen MR) is 59.7 cm³/mol. The second-order valence-corrected chi connectivity index (χ2v) is 4.09. The summed E-state index contributed by atoms with van der Waals surface area (Å²) in [6, 6.07) is 8.64. The number of hydrogen-bond donors (Lipinski definition) is 2. The largest absolute Gasteiger partial charge is 0.351 e. The lowest BCUT2D eigenvalue weighted by atomic mass is 10.0. The predicted octanol–water partition coefficient (Wildman–Crippen LogP) is 0.626. The number of nitrogens with one attached hydrogen (secondary N) is 2. The molecule has 0 aliphatic carbocycles. The molecular formula is C12H16N2O. The summed E-state index contributed by atoms with van der Waals surface area (Å²) in [6.45, 7) is 3.39. The van der Waals surface area contributed by atoms with Crippen molar-refractivity contribution in [2.45, 2.75) is 19.4 Å². The molecule has 1 saturated heterocycles. The summed E-state index contributed by atoms with van der Waals surface area (Å²) < 4.78 is 0. The van der Waals surface area contributed by atoms with Crippen LogP contribution >= 0.6 is 0 Å². The summed E-state index contributed by atoms with van der Waals surface area (Å²) >= 11 is 0. The third-order valence-electron chi connectivity index (χ3n) is 2.61. The van der Waals surface area contributed by atoms with Crippen molar-refractivity contribution >= 4 is 5.91 Å². The monoisotopic (exact) mass is 204 g/mol. The van der Waals surface area contributed by atoms with Crippen LogP contribution in [0.25, 0.3) is 0 Å². The molecule has 0 aromatic heterocycles. The van der Waals surface area contributed by atoms with Gasteiger partial charge in [-0.1, -0.05) is 29.8 Å². The zero-order valence-corrected chi connectivity index (χ0v) is 8.92. The number of hydrogen-bond acceptors (Lipinski definition) is 2. The minimum absolute atomic E-state index is 0.0962. The molecule has 1 amide bonds. The Kier molecular flexibility index (Phi) is 3.02. The van der Waals surface area contributed by atoms with Gasteiger partial charge in [0.2, 0.25) is 5.91 Å². The van der Waals surface area contributed by atoms with Crippen LogP contribution in [0.3, 0.4) is 0 Å². The number of rotatable bonds is 2. The van der Waals surface area contributed by atoms with E-state index in [1.54, 1.807) is 0 Å². The van der Waals surface area contributed by atoms with Gasteiger partial charge < -0.3 is 10.6 Å². The standard InChI is InChI=1S/C12H16N2O/c1-9-3-2-4-10(5-9)6-11-7-13-8-12(15)14-11/h2-5,11,13H,6-8H2,1H3,(H,14,15). The SMILES string of the molecule is Cc1cccc(CC2CNCC(=O)N2)c1. The molecule has 15 heavy (non-hydrogen) atoms. The number of carbonyl (C=O) groups is 1. The summed E-state index contributed by atoms with van der Waals surface area (Å²) in [4.78, 5) is 11.2. The van der Waals surface area contributed by atoms with Crippen molar-refractivity contribution < 1.29 is 4.79 Å². The Morgan fingerprint density at radius 2 is 2.33 bits per heavy atom. The molecule has 3 heteroatoms. The van der Waals surface area contributed by atoms with Gasteiger partial charge in [0.1, 0.15) is 0 Å². The van der Waals surface area contributed by atoms with Crippen molar-refractivity contribution in [1.29, 1.82) is 0 Å². The van der Waals surface area contributed by atoms with E-state index in [4.69, 9.17) is 0 Å². The average Bonchev–Trinajstić information content (AvgIpc) is 2.17. The third-order valence-corrected chi connectivity index (χ3v) is 2.61. The molecule has 1 heterocycles. The molecule has 2 N–H and O–H groups in total. The molecule has 3 nitrogen and oxygen atoms in total. The molecule has 0 saturated carbocycles. The van der Waals surface area contributed by atoms with Crippen LogP contribution < -0.4 is 10.6 Å². The highest BCUT2D eigenvalue weighted by atomic mass is 16.2. The van der Waals surface area contributed by atoms with Crippen molar-refractivity contribution in [2.75, 3.05) is 13.1 Å². The van der Waals surface area contributed by atoms with E-state index in [1.165, 1.54) is 11.1 Å². The Hall–Kier alpha value is -1.35. The smallest absolute Gasteiger partial charge is 0.234 e. The topological polar surface area (TPSA) is 41.1 Å². The summed E-state index contributed by atoms with van der Waals surface area (Å²) in [6.07, 6.45) is 0.903. The fourth-order valence-corrected chi connectivity index (χ4v) is 1.94. The normalized spacial score (nSPS) is 21.1. The van der Waals surface area contributed by atoms with Crippen molar-refractivity contribution in [3.8, 4) is 0 Å². The maximum atomic E-state index is 11.2. The number of benzene rings is 1. The van der Waals surface area contributed by atoms with Crippen LogP contribution in [0, 0.1) is 6.92 Å². The van der Waals surface area contributed by atoms with Crippen molar-refractivity contribution in [2.24, 2.45) is 0 Å². The number of amides is 1. The Morgan fingerprint density at radius 1 is 1.47 bits per heavy atom. The Bertz CT molecular complexity index is 362. The van der Waals surface area contributed by atoms with Crippen LogP contribution in [0.15, 0.2) is 24.3 Å². The van der Waals surface area contributed by atoms with Crippen molar-refractivity contribution in [1.82, 2.24) is 10.6 Å². The molecule has 1 aliphatic heterocycles. The van der Waals surface area contributed by atoms with E-state index in [1.807, 2.05) is 0 Å². The van der Waals surface area contributed by atoms with Crippen LogP contribution in [0.4, 0.5) is 0 Å². The van der Waals surface area contributed by atoms with Crippen molar-refractivity contribution in [3.05, 3.63) is 35.4 Å². The molecular weight excluding hydrogens is 188 g/mol. The molecule has 1 fully saturated rings. The fourth-order valence-electron chi connectivity index (χ4n) is 1.94. The molecule has 1 atom stereocenters. The van der Waals surface area contributed by atoms with E-state index in [0.717, 1.165) is 13.0 Å². The molecule has 80 valence electrons. The van der Waals surface area contributed by atoms with Gasteiger partial charge in [0.05, 0.1) is 6.54 Å². The first-order valence-corrected chi connectivity index (χ1v) is 5.29. The summed E-state index contributed by atoms with van der Waals surface area (Å²) in [5, 5.41) is 6.09. The van der Waals surface area contributed by atoms with Gasteiger partial charge in [-0.05, 0) is 18.9 Å². The molecule has 0 spiro atoms. The summed E-state index contributed by atoms with van der Waals surface area (Å²) in [7, 11) is 0. The highest BCUT2D eigenvalue weighted by molar-refractivity contribution is 5.79.